The minimum atomic E-state index is -1.65. The molecular formula is C15H26O4. The summed E-state index contributed by atoms with van der Waals surface area (Å²) in [6.07, 6.45) is 4.08. The molecule has 2 N–H and O–H groups in total. The molecule has 0 aliphatic heterocycles. The van der Waals surface area contributed by atoms with E-state index in [-0.39, 0.29) is 11.8 Å². The highest BCUT2D eigenvalue weighted by molar-refractivity contribution is 5.99. The van der Waals surface area contributed by atoms with E-state index in [0.29, 0.717) is 12.8 Å². The predicted molar refractivity (Wildman–Crippen MR) is 73.0 cm³/mol. The number of aliphatic carboxylic acids is 2. The molecule has 1 atom stereocenters. The van der Waals surface area contributed by atoms with Crippen LogP contribution in [0.15, 0.2) is 0 Å². The Balaban J connectivity index is 3.55. The SMILES string of the molecule is CCC1(CC)CCCC(C(=O)O)(C(=O)O)C1(C)CC. The summed E-state index contributed by atoms with van der Waals surface area (Å²) in [5.74, 6) is -2.34. The zero-order chi connectivity index (χ0) is 14.9. The van der Waals surface area contributed by atoms with E-state index in [1.165, 1.54) is 0 Å². The Morgan fingerprint density at radius 2 is 1.42 bits per heavy atom. The van der Waals surface area contributed by atoms with Crippen LogP contribution >= 0.6 is 0 Å². The van der Waals surface area contributed by atoms with Gasteiger partial charge in [-0.05, 0) is 42.9 Å². The maximum atomic E-state index is 11.8. The van der Waals surface area contributed by atoms with Crippen molar-refractivity contribution >= 4 is 11.9 Å². The molecule has 4 heteroatoms. The summed E-state index contributed by atoms with van der Waals surface area (Å²) < 4.78 is 0. The highest BCUT2D eigenvalue weighted by Crippen LogP contribution is 2.64. The summed E-state index contributed by atoms with van der Waals surface area (Å²) in [6, 6.07) is 0. The smallest absolute Gasteiger partial charge is 0.321 e. The molecule has 1 unspecified atom stereocenters. The number of hydrogen-bond donors (Lipinski definition) is 2. The lowest BCUT2D eigenvalue weighted by Gasteiger charge is -2.58. The van der Waals surface area contributed by atoms with Gasteiger partial charge < -0.3 is 10.2 Å². The second kappa shape index (κ2) is 5.14. The molecule has 0 aromatic heterocycles. The van der Waals surface area contributed by atoms with Gasteiger partial charge >= 0.3 is 11.9 Å². The molecule has 0 bridgehead atoms. The van der Waals surface area contributed by atoms with Gasteiger partial charge in [-0.25, -0.2) is 0 Å². The fraction of sp³-hybridized carbons (Fsp3) is 0.867. The van der Waals surface area contributed by atoms with Gasteiger partial charge in [0.25, 0.3) is 0 Å². The van der Waals surface area contributed by atoms with Crippen molar-refractivity contribution in [2.45, 2.75) is 66.2 Å². The molecule has 0 amide bonds. The van der Waals surface area contributed by atoms with Crippen LogP contribution in [0.4, 0.5) is 0 Å². The second-order valence-corrected chi connectivity index (χ2v) is 6.04. The van der Waals surface area contributed by atoms with Crippen molar-refractivity contribution in [2.75, 3.05) is 0 Å². The van der Waals surface area contributed by atoms with Crippen LogP contribution < -0.4 is 0 Å². The Morgan fingerprint density at radius 3 is 1.74 bits per heavy atom. The standard InChI is InChI=1S/C15H26O4/c1-5-13(4)14(6-2,7-3)9-8-10-15(13,11(16)17)12(18)19/h5-10H2,1-4H3,(H,16,17)(H,18,19). The molecule has 1 aliphatic carbocycles. The molecule has 1 rings (SSSR count). The number of carbonyl (C=O) groups is 2. The largest absolute Gasteiger partial charge is 0.480 e. The van der Waals surface area contributed by atoms with E-state index in [1.54, 1.807) is 0 Å². The molecule has 4 nitrogen and oxygen atoms in total. The van der Waals surface area contributed by atoms with Crippen LogP contribution in [0.2, 0.25) is 0 Å². The van der Waals surface area contributed by atoms with Gasteiger partial charge in [-0.15, -0.1) is 0 Å². The van der Waals surface area contributed by atoms with E-state index in [2.05, 4.69) is 13.8 Å². The van der Waals surface area contributed by atoms with Crippen LogP contribution in [-0.4, -0.2) is 22.2 Å². The van der Waals surface area contributed by atoms with Crippen LogP contribution in [0, 0.1) is 16.2 Å². The van der Waals surface area contributed by atoms with Crippen molar-refractivity contribution in [3.8, 4) is 0 Å². The Bertz CT molecular complexity index is 356. The number of carboxylic acids is 2. The van der Waals surface area contributed by atoms with Gasteiger partial charge in [0.2, 0.25) is 0 Å². The monoisotopic (exact) mass is 270 g/mol. The van der Waals surface area contributed by atoms with Crippen molar-refractivity contribution in [3.63, 3.8) is 0 Å². The Kier molecular flexibility index (Phi) is 4.33. The molecule has 1 saturated carbocycles. The van der Waals surface area contributed by atoms with Gasteiger partial charge in [0.1, 0.15) is 0 Å². The van der Waals surface area contributed by atoms with E-state index in [9.17, 15) is 19.8 Å². The zero-order valence-corrected chi connectivity index (χ0v) is 12.5. The summed E-state index contributed by atoms with van der Waals surface area (Å²) in [6.45, 7) is 7.90. The average Bonchev–Trinajstić information content (AvgIpc) is 2.38. The highest BCUT2D eigenvalue weighted by Gasteiger charge is 2.67. The quantitative estimate of drug-likeness (QED) is 0.749. The Labute approximate surface area is 115 Å². The number of carboxylic acid groups (broad SMARTS) is 2. The van der Waals surface area contributed by atoms with Crippen LogP contribution in [0.5, 0.6) is 0 Å². The van der Waals surface area contributed by atoms with E-state index in [1.807, 2.05) is 13.8 Å². The third-order valence-corrected chi connectivity index (χ3v) is 6.11. The lowest BCUT2D eigenvalue weighted by atomic mass is 9.43. The number of rotatable bonds is 5. The van der Waals surface area contributed by atoms with Gasteiger partial charge in [0.15, 0.2) is 5.41 Å². The van der Waals surface area contributed by atoms with E-state index in [4.69, 9.17) is 0 Å². The molecular weight excluding hydrogens is 244 g/mol. The van der Waals surface area contributed by atoms with Gasteiger partial charge in [0.05, 0.1) is 0 Å². The first kappa shape index (κ1) is 16.0. The van der Waals surface area contributed by atoms with Gasteiger partial charge in [-0.2, -0.15) is 0 Å². The fourth-order valence-corrected chi connectivity index (χ4v) is 4.53. The van der Waals surface area contributed by atoms with Crippen molar-refractivity contribution in [3.05, 3.63) is 0 Å². The summed E-state index contributed by atoms with van der Waals surface area (Å²) in [7, 11) is 0. The minimum absolute atomic E-state index is 0.198. The Hall–Kier alpha value is -1.06. The minimum Gasteiger partial charge on any atom is -0.480 e. The molecule has 110 valence electrons. The molecule has 1 aliphatic rings. The third kappa shape index (κ3) is 1.79. The van der Waals surface area contributed by atoms with Crippen molar-refractivity contribution in [2.24, 2.45) is 16.2 Å². The summed E-state index contributed by atoms with van der Waals surface area (Å²) in [4.78, 5) is 23.7. The van der Waals surface area contributed by atoms with Crippen LogP contribution in [0.25, 0.3) is 0 Å². The molecule has 0 aromatic carbocycles. The van der Waals surface area contributed by atoms with Gasteiger partial charge in [0, 0.05) is 0 Å². The van der Waals surface area contributed by atoms with E-state index < -0.39 is 22.8 Å². The average molecular weight is 270 g/mol. The molecule has 1 fully saturated rings. The summed E-state index contributed by atoms with van der Waals surface area (Å²) in [5, 5.41) is 19.3. The van der Waals surface area contributed by atoms with Crippen molar-refractivity contribution < 1.29 is 19.8 Å². The maximum absolute atomic E-state index is 11.8. The van der Waals surface area contributed by atoms with Crippen molar-refractivity contribution in [1.29, 1.82) is 0 Å². The van der Waals surface area contributed by atoms with E-state index >= 15 is 0 Å². The third-order valence-electron chi connectivity index (χ3n) is 6.11. The van der Waals surface area contributed by atoms with E-state index in [0.717, 1.165) is 19.3 Å². The topological polar surface area (TPSA) is 74.6 Å². The Morgan fingerprint density at radius 1 is 0.947 bits per heavy atom. The molecule has 0 radical (unpaired) electrons. The van der Waals surface area contributed by atoms with Crippen LogP contribution in [-0.2, 0) is 9.59 Å². The predicted octanol–water partition coefficient (Wildman–Crippen LogP) is 3.55. The van der Waals surface area contributed by atoms with Crippen molar-refractivity contribution in [1.82, 2.24) is 0 Å². The van der Waals surface area contributed by atoms with Gasteiger partial charge in [-0.3, -0.25) is 9.59 Å². The lowest BCUT2D eigenvalue weighted by Crippen LogP contribution is -2.61. The van der Waals surface area contributed by atoms with Gasteiger partial charge in [-0.1, -0.05) is 34.1 Å². The first-order chi connectivity index (χ1) is 8.78. The normalized spacial score (nSPS) is 28.8. The molecule has 0 aromatic rings. The first-order valence-corrected chi connectivity index (χ1v) is 7.24. The molecule has 0 saturated heterocycles. The zero-order valence-electron chi connectivity index (χ0n) is 12.5. The molecule has 0 heterocycles. The van der Waals surface area contributed by atoms with Crippen LogP contribution in [0.3, 0.4) is 0 Å². The second-order valence-electron chi connectivity index (χ2n) is 6.04. The lowest BCUT2D eigenvalue weighted by molar-refractivity contribution is -0.197. The summed E-state index contributed by atoms with van der Waals surface area (Å²) in [5.41, 5.74) is -2.55. The first-order valence-electron chi connectivity index (χ1n) is 7.24. The number of hydrogen-bond acceptors (Lipinski definition) is 2. The van der Waals surface area contributed by atoms with Crippen LogP contribution in [0.1, 0.15) is 66.2 Å². The molecule has 0 spiro atoms. The molecule has 19 heavy (non-hydrogen) atoms. The highest BCUT2D eigenvalue weighted by atomic mass is 16.4. The fourth-order valence-electron chi connectivity index (χ4n) is 4.53. The summed E-state index contributed by atoms with van der Waals surface area (Å²) >= 11 is 0. The maximum Gasteiger partial charge on any atom is 0.321 e.